The van der Waals surface area contributed by atoms with Gasteiger partial charge >= 0.3 is 149 Å². The molecule has 23 heavy (non-hydrogen) atoms. The Labute approximate surface area is 148 Å². The third kappa shape index (κ3) is 7.72. The van der Waals surface area contributed by atoms with E-state index in [1.807, 2.05) is 9.86 Å². The van der Waals surface area contributed by atoms with Crippen molar-refractivity contribution in [1.29, 1.82) is 0 Å². The zero-order chi connectivity index (χ0) is 18.4. The summed E-state index contributed by atoms with van der Waals surface area (Å²) in [5.41, 5.74) is 0. The molecule has 0 rings (SSSR count). The SMILES string of the molecule is CI(C)CC(C(=O)OCCOC(=O)C(F)(F)S(=O)(=O)O)I(C)C. The van der Waals surface area contributed by atoms with Crippen molar-refractivity contribution in [2.24, 2.45) is 0 Å². The molecule has 0 spiro atoms. The molecular formula is C11H20F2I2O7S. The van der Waals surface area contributed by atoms with E-state index in [1.165, 1.54) is 0 Å². The number of esters is 2. The maximum absolute atomic E-state index is 12.9. The molecule has 0 fully saturated rings. The van der Waals surface area contributed by atoms with Gasteiger partial charge < -0.3 is 0 Å². The Hall–Kier alpha value is 0.170. The van der Waals surface area contributed by atoms with Crippen molar-refractivity contribution in [3.8, 4) is 0 Å². The Kier molecular flexibility index (Phi) is 9.67. The van der Waals surface area contributed by atoms with E-state index in [0.29, 0.717) is 0 Å². The zero-order valence-corrected chi connectivity index (χ0v) is 18.1. The van der Waals surface area contributed by atoms with Gasteiger partial charge in [0, 0.05) is 0 Å². The molecule has 0 aromatic rings. The Bertz CT molecular complexity index is 522. The average Bonchev–Trinajstić information content (AvgIpc) is 2.38. The van der Waals surface area contributed by atoms with Crippen LogP contribution in [0.4, 0.5) is 8.78 Å². The Morgan fingerprint density at radius 1 is 1.13 bits per heavy atom. The molecule has 0 aliphatic heterocycles. The van der Waals surface area contributed by atoms with Gasteiger partial charge in [-0.1, -0.05) is 0 Å². The minimum atomic E-state index is -5.90. The Morgan fingerprint density at radius 2 is 1.61 bits per heavy atom. The summed E-state index contributed by atoms with van der Waals surface area (Å²) < 4.78 is 64.2. The summed E-state index contributed by atoms with van der Waals surface area (Å²) in [4.78, 5) is 31.1. The quantitative estimate of drug-likeness (QED) is 0.143. The molecule has 0 aliphatic rings. The number of rotatable bonds is 9. The second kappa shape index (κ2) is 9.60. The van der Waals surface area contributed by atoms with Crippen molar-refractivity contribution >= 4 is 61.7 Å². The molecule has 140 valence electrons. The van der Waals surface area contributed by atoms with Crippen LogP contribution in [0.15, 0.2) is 0 Å². The predicted octanol–water partition coefficient (Wildman–Crippen LogP) is 1.45. The van der Waals surface area contributed by atoms with Gasteiger partial charge in [0.2, 0.25) is 0 Å². The van der Waals surface area contributed by atoms with Gasteiger partial charge in [0.25, 0.3) is 0 Å². The summed E-state index contributed by atoms with van der Waals surface area (Å²) >= 11 is -2.61. The van der Waals surface area contributed by atoms with Crippen LogP contribution in [0, 0.1) is 0 Å². The predicted molar refractivity (Wildman–Crippen MR) is 98.8 cm³/mol. The molecule has 0 saturated heterocycles. The first-order valence-corrected chi connectivity index (χ1v) is 18.8. The number of alkyl halides is 8. The van der Waals surface area contributed by atoms with Crippen LogP contribution in [0.1, 0.15) is 0 Å². The fourth-order valence-electron chi connectivity index (χ4n) is 1.19. The standard InChI is InChI=1S/C11H20F2I2O7S/c1-14(2)7-8(15(3)4)9(16)21-5-6-22-10(17)11(12,13)23(18,19)20/h8H,5-7H2,1-4H3,(H,18,19,20). The molecule has 0 aliphatic carbocycles. The summed E-state index contributed by atoms with van der Waals surface area (Å²) in [5, 5.41) is -5.05. The van der Waals surface area contributed by atoms with Crippen molar-refractivity contribution in [3.63, 3.8) is 0 Å². The zero-order valence-electron chi connectivity index (χ0n) is 13.0. The van der Waals surface area contributed by atoms with Gasteiger partial charge in [-0.15, -0.1) is 0 Å². The second-order valence-corrected chi connectivity index (χ2v) is 18.3. The normalized spacial score (nSPS) is 14.7. The summed E-state index contributed by atoms with van der Waals surface area (Å²) in [6.07, 6.45) is 0. The first-order chi connectivity index (χ1) is 10.3. The van der Waals surface area contributed by atoms with Crippen molar-refractivity contribution in [2.45, 2.75) is 9.18 Å². The summed E-state index contributed by atoms with van der Waals surface area (Å²) in [5.74, 6) is -2.86. The van der Waals surface area contributed by atoms with Crippen LogP contribution in [-0.4, -0.2) is 71.5 Å². The molecule has 1 unspecified atom stereocenters. The molecule has 1 N–H and O–H groups in total. The first kappa shape index (κ1) is 23.2. The van der Waals surface area contributed by atoms with Crippen LogP contribution < -0.4 is 0 Å². The average molecular weight is 588 g/mol. The van der Waals surface area contributed by atoms with E-state index < -0.39 is 80.2 Å². The monoisotopic (exact) mass is 588 g/mol. The van der Waals surface area contributed by atoms with Gasteiger partial charge in [0.15, 0.2) is 0 Å². The van der Waals surface area contributed by atoms with E-state index >= 15 is 0 Å². The van der Waals surface area contributed by atoms with Gasteiger partial charge in [-0.25, -0.2) is 0 Å². The fourth-order valence-corrected chi connectivity index (χ4v) is 14.2. The number of carbonyl (C=O) groups is 2. The number of hydrogen-bond donors (Lipinski definition) is 1. The van der Waals surface area contributed by atoms with Crippen LogP contribution in [0.2, 0.25) is 0 Å². The molecule has 0 aromatic heterocycles. The number of hydrogen-bond acceptors (Lipinski definition) is 6. The Balaban J connectivity index is 4.41. The van der Waals surface area contributed by atoms with Crippen LogP contribution >= 0.6 is 39.6 Å². The molecule has 1 atom stereocenters. The van der Waals surface area contributed by atoms with E-state index in [0.717, 1.165) is 4.43 Å². The van der Waals surface area contributed by atoms with Crippen molar-refractivity contribution in [1.82, 2.24) is 0 Å². The van der Waals surface area contributed by atoms with E-state index in [2.05, 4.69) is 14.6 Å². The van der Waals surface area contributed by atoms with Gasteiger partial charge in [-0.05, 0) is 0 Å². The molecular weight excluding hydrogens is 568 g/mol. The van der Waals surface area contributed by atoms with Gasteiger partial charge in [0.05, 0.1) is 0 Å². The topological polar surface area (TPSA) is 107 Å². The number of carbonyl (C=O) groups excluding carboxylic acids is 2. The third-order valence-electron chi connectivity index (χ3n) is 2.35. The molecule has 0 saturated carbocycles. The van der Waals surface area contributed by atoms with E-state index in [-0.39, 0.29) is 3.92 Å². The summed E-state index contributed by atoms with van der Waals surface area (Å²) in [6, 6.07) is 0. The molecule has 0 bridgehead atoms. The van der Waals surface area contributed by atoms with Crippen molar-refractivity contribution in [3.05, 3.63) is 0 Å². The fraction of sp³-hybridized carbons (Fsp3) is 0.818. The van der Waals surface area contributed by atoms with Gasteiger partial charge in [-0.3, -0.25) is 0 Å². The second-order valence-electron chi connectivity index (χ2n) is 4.64. The maximum atomic E-state index is 12.9. The summed E-state index contributed by atoms with van der Waals surface area (Å²) in [6.45, 7) is -1.17. The molecule has 12 heteroatoms. The molecule has 0 aromatic carbocycles. The Morgan fingerprint density at radius 3 is 2.00 bits per heavy atom. The van der Waals surface area contributed by atoms with Gasteiger partial charge in [-0.2, -0.15) is 0 Å². The van der Waals surface area contributed by atoms with E-state index in [4.69, 9.17) is 9.29 Å². The molecule has 7 nitrogen and oxygen atoms in total. The van der Waals surface area contributed by atoms with E-state index in [1.54, 1.807) is 0 Å². The van der Waals surface area contributed by atoms with Crippen molar-refractivity contribution in [2.75, 3.05) is 37.4 Å². The van der Waals surface area contributed by atoms with Crippen LogP contribution in [-0.2, 0) is 29.2 Å². The molecule has 0 radical (unpaired) electrons. The van der Waals surface area contributed by atoms with Gasteiger partial charge in [0.1, 0.15) is 0 Å². The van der Waals surface area contributed by atoms with Crippen LogP contribution in [0.3, 0.4) is 0 Å². The molecule has 0 amide bonds. The van der Waals surface area contributed by atoms with Crippen molar-refractivity contribution < 1.29 is 40.8 Å². The number of ether oxygens (including phenoxy) is 2. The summed E-state index contributed by atoms with van der Waals surface area (Å²) in [7, 11) is -5.90. The first-order valence-electron chi connectivity index (χ1n) is 5.94. The minimum absolute atomic E-state index is 0.158. The van der Waals surface area contributed by atoms with Crippen LogP contribution in [0.5, 0.6) is 0 Å². The molecule has 0 heterocycles. The van der Waals surface area contributed by atoms with E-state index in [9.17, 15) is 26.8 Å². The third-order valence-corrected chi connectivity index (χ3v) is 11.4. The van der Waals surface area contributed by atoms with Crippen LogP contribution in [0.25, 0.3) is 0 Å². The number of halogens is 4.